The van der Waals surface area contributed by atoms with Crippen LogP contribution in [0.3, 0.4) is 0 Å². The lowest BCUT2D eigenvalue weighted by Crippen LogP contribution is -2.45. The topological polar surface area (TPSA) is 140 Å². The van der Waals surface area contributed by atoms with E-state index >= 15 is 0 Å². The largest absolute Gasteiger partial charge is 0.495 e. The van der Waals surface area contributed by atoms with Gasteiger partial charge in [0, 0.05) is 48.3 Å². The van der Waals surface area contributed by atoms with E-state index in [1.165, 1.54) is 0 Å². The number of pyridine rings is 2. The van der Waals surface area contributed by atoms with Crippen LogP contribution in [-0.2, 0) is 9.53 Å². The molecule has 3 aliphatic carbocycles. The van der Waals surface area contributed by atoms with E-state index in [4.69, 9.17) is 28.8 Å². The number of amides is 2. The third-order valence-electron chi connectivity index (χ3n) is 11.1. The number of rotatable bonds is 12. The monoisotopic (exact) mass is 687 g/mol. The Hall–Kier alpha value is -3.99. The number of carbonyl (C=O) groups is 2. The van der Waals surface area contributed by atoms with Crippen molar-refractivity contribution in [3.8, 4) is 17.0 Å². The van der Waals surface area contributed by atoms with E-state index in [0.717, 1.165) is 72.8 Å². The maximum absolute atomic E-state index is 14.4. The first kappa shape index (κ1) is 35.8. The van der Waals surface area contributed by atoms with Crippen LogP contribution in [-0.4, -0.2) is 64.0 Å². The minimum atomic E-state index is -1.02. The molecular weight excluding hydrogens is 634 g/mol. The zero-order chi connectivity index (χ0) is 35.4. The molecular formula is C39H53N5O6. The van der Waals surface area contributed by atoms with E-state index < -0.39 is 11.7 Å². The van der Waals surface area contributed by atoms with E-state index in [-0.39, 0.29) is 30.4 Å². The number of nitrogens with zero attached hydrogens (tertiary/aromatic N) is 4. The Labute approximate surface area is 295 Å². The molecule has 1 atom stereocenters. The van der Waals surface area contributed by atoms with E-state index in [1.807, 2.05) is 43.9 Å². The highest BCUT2D eigenvalue weighted by Crippen LogP contribution is 2.41. The molecule has 3 heterocycles. The SMILES string of the molecule is COc1ccc(C2CCC(CN(C(=O)C3CCC(OC(=O)NCC(C)(O)C(C)C)CC3)c3cc(-c4coc(C5CC5)n4)ccn3)CC2)nc1C. The first-order valence-electron chi connectivity index (χ1n) is 18.4. The molecule has 0 bridgehead atoms. The van der Waals surface area contributed by atoms with Crippen LogP contribution >= 0.6 is 0 Å². The maximum Gasteiger partial charge on any atom is 0.407 e. The molecule has 1 unspecified atom stereocenters. The molecule has 6 rings (SSSR count). The highest BCUT2D eigenvalue weighted by atomic mass is 16.6. The Balaban J connectivity index is 1.12. The Morgan fingerprint density at radius 3 is 2.40 bits per heavy atom. The van der Waals surface area contributed by atoms with Crippen LogP contribution in [0.2, 0.25) is 0 Å². The summed E-state index contributed by atoms with van der Waals surface area (Å²) in [5.74, 6) is 3.22. The summed E-state index contributed by atoms with van der Waals surface area (Å²) in [4.78, 5) is 43.1. The highest BCUT2D eigenvalue weighted by molar-refractivity contribution is 5.94. The molecule has 3 aromatic heterocycles. The van der Waals surface area contributed by atoms with Crippen molar-refractivity contribution in [3.63, 3.8) is 0 Å². The third-order valence-corrected chi connectivity index (χ3v) is 11.1. The van der Waals surface area contributed by atoms with Gasteiger partial charge < -0.3 is 24.3 Å². The van der Waals surface area contributed by atoms with Crippen LogP contribution in [0.5, 0.6) is 5.75 Å². The number of anilines is 1. The number of nitrogens with one attached hydrogen (secondary N) is 1. The molecule has 0 radical (unpaired) electrons. The van der Waals surface area contributed by atoms with Gasteiger partial charge in [0.2, 0.25) is 5.91 Å². The van der Waals surface area contributed by atoms with Crippen molar-refractivity contribution in [2.45, 2.75) is 115 Å². The van der Waals surface area contributed by atoms with Gasteiger partial charge in [0.1, 0.15) is 29.6 Å². The van der Waals surface area contributed by atoms with E-state index in [1.54, 1.807) is 26.5 Å². The molecule has 0 aromatic carbocycles. The normalized spacial score (nSPS) is 23.6. The summed E-state index contributed by atoms with van der Waals surface area (Å²) in [6.07, 6.45) is 11.4. The number of oxazole rings is 1. The van der Waals surface area contributed by atoms with Crippen LogP contribution in [0, 0.1) is 24.7 Å². The summed E-state index contributed by atoms with van der Waals surface area (Å²) in [7, 11) is 1.67. The predicted octanol–water partition coefficient (Wildman–Crippen LogP) is 7.33. The zero-order valence-corrected chi connectivity index (χ0v) is 30.2. The number of ether oxygens (including phenoxy) is 2. The van der Waals surface area contributed by atoms with Crippen molar-refractivity contribution < 1.29 is 28.6 Å². The van der Waals surface area contributed by atoms with Gasteiger partial charge in [0.25, 0.3) is 0 Å². The molecule has 2 N–H and O–H groups in total. The first-order chi connectivity index (χ1) is 24.0. The average molecular weight is 688 g/mol. The van der Waals surface area contributed by atoms with Gasteiger partial charge in [-0.1, -0.05) is 13.8 Å². The van der Waals surface area contributed by atoms with Crippen LogP contribution in [0.25, 0.3) is 11.3 Å². The minimum Gasteiger partial charge on any atom is -0.495 e. The smallest absolute Gasteiger partial charge is 0.407 e. The van der Waals surface area contributed by atoms with E-state index in [0.29, 0.717) is 55.8 Å². The van der Waals surface area contributed by atoms with Crippen molar-refractivity contribution in [2.24, 2.45) is 17.8 Å². The van der Waals surface area contributed by atoms with Gasteiger partial charge >= 0.3 is 6.09 Å². The molecule has 3 saturated carbocycles. The van der Waals surface area contributed by atoms with Gasteiger partial charge in [-0.2, -0.15) is 0 Å². The Morgan fingerprint density at radius 1 is 1.02 bits per heavy atom. The number of methoxy groups -OCH3 is 1. The van der Waals surface area contributed by atoms with Crippen molar-refractivity contribution in [2.75, 3.05) is 25.1 Å². The molecule has 0 aliphatic heterocycles. The second kappa shape index (κ2) is 15.5. The molecule has 0 saturated heterocycles. The van der Waals surface area contributed by atoms with Crippen LogP contribution < -0.4 is 15.0 Å². The second-order valence-electron chi connectivity index (χ2n) is 15.2. The number of alkyl carbamates (subject to hydrolysis) is 1. The average Bonchev–Trinajstić information content (AvgIpc) is 3.85. The summed E-state index contributed by atoms with van der Waals surface area (Å²) in [5.41, 5.74) is 2.64. The Kier molecular flexibility index (Phi) is 11.1. The van der Waals surface area contributed by atoms with Crippen molar-refractivity contribution in [1.29, 1.82) is 0 Å². The molecule has 0 spiro atoms. The Bertz CT molecular complexity index is 1620. The maximum atomic E-state index is 14.4. The summed E-state index contributed by atoms with van der Waals surface area (Å²) in [6.45, 7) is 8.21. The molecule has 3 aliphatic rings. The quantitative estimate of drug-likeness (QED) is 0.200. The molecule has 11 heteroatoms. The lowest BCUT2D eigenvalue weighted by Gasteiger charge is -2.35. The molecule has 3 fully saturated rings. The number of carbonyl (C=O) groups excluding carboxylic acids is 2. The first-order valence-corrected chi connectivity index (χ1v) is 18.4. The molecule has 50 heavy (non-hydrogen) atoms. The predicted molar refractivity (Wildman–Crippen MR) is 190 cm³/mol. The highest BCUT2D eigenvalue weighted by Gasteiger charge is 2.35. The van der Waals surface area contributed by atoms with Gasteiger partial charge in [-0.3, -0.25) is 14.7 Å². The van der Waals surface area contributed by atoms with E-state index in [9.17, 15) is 14.7 Å². The number of aryl methyl sites for hydroxylation is 1. The van der Waals surface area contributed by atoms with Gasteiger partial charge in [0.05, 0.1) is 18.4 Å². The van der Waals surface area contributed by atoms with Gasteiger partial charge in [-0.15, -0.1) is 0 Å². The fourth-order valence-corrected chi connectivity index (χ4v) is 7.17. The standard InChI is InChI=1S/C39H53N5O6/c1-24(2)39(4,47)23-41-38(46)50-31-14-12-29(13-15-31)37(45)44(35-20-30(18-19-40-35)33-22-49-36(43-33)28-10-11-28)21-26-6-8-27(9-7-26)32-16-17-34(48-5)25(3)42-32/h16-20,22,24,26-29,31,47H,6-15,21,23H2,1-5H3,(H,41,46). The van der Waals surface area contributed by atoms with E-state index in [2.05, 4.69) is 11.4 Å². The van der Waals surface area contributed by atoms with Gasteiger partial charge in [-0.05, 0) is 114 Å². The number of hydrogen-bond acceptors (Lipinski definition) is 9. The molecule has 11 nitrogen and oxygen atoms in total. The minimum absolute atomic E-state index is 0.0108. The fourth-order valence-electron chi connectivity index (χ4n) is 7.17. The summed E-state index contributed by atoms with van der Waals surface area (Å²) >= 11 is 0. The molecule has 3 aromatic rings. The summed E-state index contributed by atoms with van der Waals surface area (Å²) in [6, 6.07) is 7.98. The Morgan fingerprint density at radius 2 is 1.74 bits per heavy atom. The second-order valence-corrected chi connectivity index (χ2v) is 15.2. The fraction of sp³-hybridized carbons (Fsp3) is 0.615. The number of hydrogen-bond donors (Lipinski definition) is 2. The zero-order valence-electron chi connectivity index (χ0n) is 30.2. The summed E-state index contributed by atoms with van der Waals surface area (Å²) < 4.78 is 16.9. The molecule has 2 amide bonds. The number of aromatic nitrogens is 3. The number of aliphatic hydroxyl groups is 1. The van der Waals surface area contributed by atoms with Gasteiger partial charge in [0.15, 0.2) is 5.89 Å². The third kappa shape index (κ3) is 8.65. The van der Waals surface area contributed by atoms with Crippen molar-refractivity contribution >= 4 is 17.8 Å². The van der Waals surface area contributed by atoms with Crippen LogP contribution in [0.1, 0.15) is 114 Å². The van der Waals surface area contributed by atoms with Crippen LogP contribution in [0.15, 0.2) is 41.1 Å². The lowest BCUT2D eigenvalue weighted by atomic mass is 9.79. The van der Waals surface area contributed by atoms with Crippen molar-refractivity contribution in [1.82, 2.24) is 20.3 Å². The van der Waals surface area contributed by atoms with Gasteiger partial charge in [-0.25, -0.2) is 14.8 Å². The summed E-state index contributed by atoms with van der Waals surface area (Å²) in [5, 5.41) is 13.2. The van der Waals surface area contributed by atoms with Crippen LogP contribution in [0.4, 0.5) is 10.6 Å². The lowest BCUT2D eigenvalue weighted by molar-refractivity contribution is -0.124. The molecule has 270 valence electrons. The van der Waals surface area contributed by atoms with Crippen molar-refractivity contribution in [3.05, 3.63) is 54.0 Å².